The Kier molecular flexibility index (Phi) is 5.45. The van der Waals surface area contributed by atoms with E-state index in [1.165, 1.54) is 0 Å². The minimum Gasteiger partial charge on any atom is -0.409 e. The van der Waals surface area contributed by atoms with Crippen molar-refractivity contribution in [2.24, 2.45) is 16.8 Å². The molecule has 98 valence electrons. The molecule has 0 spiro atoms. The van der Waals surface area contributed by atoms with Gasteiger partial charge in [-0.2, -0.15) is 0 Å². The van der Waals surface area contributed by atoms with E-state index in [1.807, 2.05) is 12.1 Å². The van der Waals surface area contributed by atoms with Gasteiger partial charge < -0.3 is 16.3 Å². The Labute approximate surface area is 111 Å². The molecule has 0 radical (unpaired) electrons. The molecule has 0 heterocycles. The summed E-state index contributed by atoms with van der Waals surface area (Å²) >= 11 is 5.84. The van der Waals surface area contributed by atoms with Gasteiger partial charge >= 0.3 is 0 Å². The van der Waals surface area contributed by atoms with Gasteiger partial charge in [-0.05, 0) is 24.1 Å². The SMILES string of the molecule is CCC(C(=O)NCc1cccc(Cl)c1)/C(N)=N/O. The fourth-order valence-corrected chi connectivity index (χ4v) is 1.77. The minimum atomic E-state index is -0.616. The molecule has 0 aliphatic rings. The van der Waals surface area contributed by atoms with Crippen molar-refractivity contribution in [2.75, 3.05) is 0 Å². The summed E-state index contributed by atoms with van der Waals surface area (Å²) in [6, 6.07) is 7.20. The normalized spacial score (nSPS) is 13.1. The molecule has 1 aromatic rings. The standard InChI is InChI=1S/C12H16ClN3O2/c1-2-10(11(14)16-18)12(17)15-7-8-4-3-5-9(13)6-8/h3-6,10,18H,2,7H2,1H3,(H2,14,16)(H,15,17). The molecule has 0 aliphatic carbocycles. The lowest BCUT2D eigenvalue weighted by molar-refractivity contribution is -0.123. The second kappa shape index (κ2) is 6.86. The van der Waals surface area contributed by atoms with E-state index in [0.29, 0.717) is 18.0 Å². The molecule has 0 saturated carbocycles. The van der Waals surface area contributed by atoms with Crippen molar-refractivity contribution in [3.05, 3.63) is 34.9 Å². The van der Waals surface area contributed by atoms with E-state index in [4.69, 9.17) is 22.5 Å². The zero-order chi connectivity index (χ0) is 13.5. The third-order valence-electron chi connectivity index (χ3n) is 2.55. The number of amidine groups is 1. The summed E-state index contributed by atoms with van der Waals surface area (Å²) in [4.78, 5) is 11.8. The van der Waals surface area contributed by atoms with Gasteiger partial charge in [0.2, 0.25) is 5.91 Å². The van der Waals surface area contributed by atoms with Crippen LogP contribution in [0, 0.1) is 5.92 Å². The van der Waals surface area contributed by atoms with Crippen LogP contribution in [0.25, 0.3) is 0 Å². The average Bonchev–Trinajstić information content (AvgIpc) is 2.37. The van der Waals surface area contributed by atoms with Crippen LogP contribution in [0.15, 0.2) is 29.4 Å². The Bertz CT molecular complexity index is 449. The highest BCUT2D eigenvalue weighted by atomic mass is 35.5. The van der Waals surface area contributed by atoms with Crippen molar-refractivity contribution < 1.29 is 10.0 Å². The Morgan fingerprint density at radius 1 is 1.61 bits per heavy atom. The van der Waals surface area contributed by atoms with Crippen molar-refractivity contribution in [1.82, 2.24) is 5.32 Å². The maximum absolute atomic E-state index is 11.8. The molecule has 1 aromatic carbocycles. The van der Waals surface area contributed by atoms with Gasteiger partial charge in [-0.1, -0.05) is 35.8 Å². The van der Waals surface area contributed by atoms with E-state index in [-0.39, 0.29) is 11.7 Å². The number of nitrogens with one attached hydrogen (secondary N) is 1. The van der Waals surface area contributed by atoms with Crippen LogP contribution >= 0.6 is 11.6 Å². The maximum Gasteiger partial charge on any atom is 0.231 e. The zero-order valence-corrected chi connectivity index (χ0v) is 10.8. The summed E-state index contributed by atoms with van der Waals surface area (Å²) in [5.41, 5.74) is 6.33. The Morgan fingerprint density at radius 2 is 2.33 bits per heavy atom. The first-order chi connectivity index (χ1) is 8.58. The molecule has 1 unspecified atom stereocenters. The molecule has 18 heavy (non-hydrogen) atoms. The molecule has 1 amide bonds. The first-order valence-electron chi connectivity index (χ1n) is 5.58. The Morgan fingerprint density at radius 3 is 2.89 bits per heavy atom. The molecule has 1 rings (SSSR count). The van der Waals surface area contributed by atoms with Gasteiger partial charge in [0.25, 0.3) is 0 Å². The number of hydrogen-bond donors (Lipinski definition) is 3. The highest BCUT2D eigenvalue weighted by molar-refractivity contribution is 6.30. The lowest BCUT2D eigenvalue weighted by Crippen LogP contribution is -2.38. The Hall–Kier alpha value is -1.75. The molecular formula is C12H16ClN3O2. The summed E-state index contributed by atoms with van der Waals surface area (Å²) in [7, 11) is 0. The largest absolute Gasteiger partial charge is 0.409 e. The van der Waals surface area contributed by atoms with Crippen molar-refractivity contribution in [3.8, 4) is 0 Å². The molecule has 0 aliphatic heterocycles. The number of oxime groups is 1. The van der Waals surface area contributed by atoms with Crippen molar-refractivity contribution in [3.63, 3.8) is 0 Å². The number of hydrogen-bond acceptors (Lipinski definition) is 3. The predicted molar refractivity (Wildman–Crippen MR) is 70.5 cm³/mol. The molecule has 0 fully saturated rings. The van der Waals surface area contributed by atoms with Crippen LogP contribution in [0.1, 0.15) is 18.9 Å². The van der Waals surface area contributed by atoms with Crippen molar-refractivity contribution in [1.29, 1.82) is 0 Å². The fourth-order valence-electron chi connectivity index (χ4n) is 1.56. The summed E-state index contributed by atoms with van der Waals surface area (Å²) < 4.78 is 0. The van der Waals surface area contributed by atoms with E-state index in [0.717, 1.165) is 5.56 Å². The average molecular weight is 270 g/mol. The fraction of sp³-hybridized carbons (Fsp3) is 0.333. The molecule has 1 atom stereocenters. The molecule has 0 bridgehead atoms. The third kappa shape index (κ3) is 3.92. The first-order valence-corrected chi connectivity index (χ1v) is 5.95. The number of benzene rings is 1. The number of rotatable bonds is 5. The predicted octanol–water partition coefficient (Wildman–Crippen LogP) is 1.73. The number of nitrogens with zero attached hydrogens (tertiary/aromatic N) is 1. The molecular weight excluding hydrogens is 254 g/mol. The number of amides is 1. The van der Waals surface area contributed by atoms with Crippen LogP contribution in [0.2, 0.25) is 5.02 Å². The number of carbonyl (C=O) groups excluding carboxylic acids is 1. The highest BCUT2D eigenvalue weighted by Crippen LogP contribution is 2.11. The third-order valence-corrected chi connectivity index (χ3v) is 2.79. The first kappa shape index (κ1) is 14.3. The van der Waals surface area contributed by atoms with Crippen molar-refractivity contribution >= 4 is 23.3 Å². The minimum absolute atomic E-state index is 0.0823. The molecule has 0 aromatic heterocycles. The van der Waals surface area contributed by atoms with Crippen LogP contribution in [0.3, 0.4) is 0 Å². The smallest absolute Gasteiger partial charge is 0.231 e. The van der Waals surface area contributed by atoms with E-state index in [2.05, 4.69) is 10.5 Å². The summed E-state index contributed by atoms with van der Waals surface area (Å²) in [5.74, 6) is -0.969. The number of halogens is 1. The maximum atomic E-state index is 11.8. The van der Waals surface area contributed by atoms with E-state index < -0.39 is 5.92 Å². The highest BCUT2D eigenvalue weighted by Gasteiger charge is 2.20. The van der Waals surface area contributed by atoms with Gasteiger partial charge in [-0.15, -0.1) is 0 Å². The van der Waals surface area contributed by atoms with Gasteiger partial charge in [-0.3, -0.25) is 4.79 Å². The summed E-state index contributed by atoms with van der Waals surface area (Å²) in [6.07, 6.45) is 0.470. The second-order valence-electron chi connectivity index (χ2n) is 3.83. The lowest BCUT2D eigenvalue weighted by atomic mass is 10.0. The van der Waals surface area contributed by atoms with Gasteiger partial charge in [0.15, 0.2) is 5.84 Å². The van der Waals surface area contributed by atoms with Gasteiger partial charge in [0.05, 0.1) is 5.92 Å². The quantitative estimate of drug-likeness (QED) is 0.329. The van der Waals surface area contributed by atoms with Gasteiger partial charge in [-0.25, -0.2) is 0 Å². The zero-order valence-electron chi connectivity index (χ0n) is 10.1. The number of nitrogens with two attached hydrogens (primary N) is 1. The Balaban J connectivity index is 2.60. The topological polar surface area (TPSA) is 87.7 Å². The van der Waals surface area contributed by atoms with Gasteiger partial charge in [0, 0.05) is 11.6 Å². The van der Waals surface area contributed by atoms with Crippen LogP contribution in [-0.2, 0) is 11.3 Å². The van der Waals surface area contributed by atoms with E-state index in [1.54, 1.807) is 19.1 Å². The molecule has 4 N–H and O–H groups in total. The van der Waals surface area contributed by atoms with E-state index in [9.17, 15) is 4.79 Å². The lowest BCUT2D eigenvalue weighted by Gasteiger charge is -2.13. The molecule has 5 nitrogen and oxygen atoms in total. The second-order valence-corrected chi connectivity index (χ2v) is 4.27. The van der Waals surface area contributed by atoms with Crippen LogP contribution in [0.5, 0.6) is 0 Å². The summed E-state index contributed by atoms with van der Waals surface area (Å²) in [6.45, 7) is 2.15. The molecule has 6 heteroatoms. The summed E-state index contributed by atoms with van der Waals surface area (Å²) in [5, 5.41) is 14.8. The van der Waals surface area contributed by atoms with E-state index >= 15 is 0 Å². The van der Waals surface area contributed by atoms with Crippen LogP contribution in [-0.4, -0.2) is 17.0 Å². The monoisotopic (exact) mass is 269 g/mol. The van der Waals surface area contributed by atoms with Crippen LogP contribution in [0.4, 0.5) is 0 Å². The van der Waals surface area contributed by atoms with Crippen molar-refractivity contribution in [2.45, 2.75) is 19.9 Å². The number of carbonyl (C=O) groups is 1. The van der Waals surface area contributed by atoms with Crippen LogP contribution < -0.4 is 11.1 Å². The molecule has 0 saturated heterocycles. The van der Waals surface area contributed by atoms with Gasteiger partial charge in [0.1, 0.15) is 0 Å².